The van der Waals surface area contributed by atoms with Crippen molar-refractivity contribution in [2.24, 2.45) is 0 Å². The highest BCUT2D eigenvalue weighted by Gasteiger charge is 2.14. The van der Waals surface area contributed by atoms with E-state index in [0.717, 1.165) is 11.8 Å². The molecule has 0 saturated heterocycles. The van der Waals surface area contributed by atoms with Gasteiger partial charge in [-0.2, -0.15) is 0 Å². The van der Waals surface area contributed by atoms with E-state index in [1.165, 1.54) is 5.56 Å². The zero-order valence-corrected chi connectivity index (χ0v) is 11.0. The second-order valence-electron chi connectivity index (χ2n) is 3.79. The van der Waals surface area contributed by atoms with Crippen LogP contribution in [0.25, 0.3) is 0 Å². The first-order valence-corrected chi connectivity index (χ1v) is 7.43. The summed E-state index contributed by atoms with van der Waals surface area (Å²) >= 11 is 0. The first-order chi connectivity index (χ1) is 8.38. The Kier molecular flexibility index (Phi) is 4.35. The Bertz CT molecular complexity index is 389. The molecule has 88 valence electrons. The first kappa shape index (κ1) is 11.9. The summed E-state index contributed by atoms with van der Waals surface area (Å²) in [5.74, 6) is 0.891. The molecule has 1 atom stereocenters. The maximum atomic E-state index is 5.88. The summed E-state index contributed by atoms with van der Waals surface area (Å²) in [6.45, 7) is 0. The van der Waals surface area contributed by atoms with Gasteiger partial charge in [-0.05, 0) is 17.7 Å². The molecule has 0 bridgehead atoms. The number of para-hydroxylation sites is 1. The minimum absolute atomic E-state index is 0.881. The fourth-order valence-corrected chi connectivity index (χ4v) is 3.09. The molecule has 0 radical (unpaired) electrons. The SMILES string of the molecule is CO[SiH](Cc1ccccc1)Oc1ccccc1. The van der Waals surface area contributed by atoms with Gasteiger partial charge in [0.1, 0.15) is 5.75 Å². The van der Waals surface area contributed by atoms with Crippen LogP contribution in [0.2, 0.25) is 0 Å². The van der Waals surface area contributed by atoms with Crippen molar-refractivity contribution in [1.82, 2.24) is 0 Å². The quantitative estimate of drug-likeness (QED) is 0.753. The summed E-state index contributed by atoms with van der Waals surface area (Å²) in [6.07, 6.45) is 0. The molecule has 0 aliphatic heterocycles. The van der Waals surface area contributed by atoms with Crippen LogP contribution in [0.4, 0.5) is 0 Å². The summed E-state index contributed by atoms with van der Waals surface area (Å²) in [5.41, 5.74) is 1.27. The molecule has 17 heavy (non-hydrogen) atoms. The van der Waals surface area contributed by atoms with Crippen LogP contribution in [0.3, 0.4) is 0 Å². The molecule has 1 unspecified atom stereocenters. The lowest BCUT2D eigenvalue weighted by atomic mass is 10.2. The van der Waals surface area contributed by atoms with Gasteiger partial charge < -0.3 is 8.85 Å². The molecule has 2 aromatic rings. The minimum atomic E-state index is -1.67. The Morgan fingerprint density at radius 2 is 1.47 bits per heavy atom. The van der Waals surface area contributed by atoms with E-state index in [-0.39, 0.29) is 0 Å². The van der Waals surface area contributed by atoms with Gasteiger partial charge in [0, 0.05) is 13.2 Å². The van der Waals surface area contributed by atoms with Crippen molar-refractivity contribution in [3.05, 3.63) is 66.2 Å². The van der Waals surface area contributed by atoms with Gasteiger partial charge in [-0.15, -0.1) is 0 Å². The van der Waals surface area contributed by atoms with Crippen molar-refractivity contribution in [1.29, 1.82) is 0 Å². The van der Waals surface area contributed by atoms with Gasteiger partial charge in [-0.1, -0.05) is 48.5 Å². The Balaban J connectivity index is 1.98. The van der Waals surface area contributed by atoms with E-state index >= 15 is 0 Å². The zero-order valence-electron chi connectivity index (χ0n) is 9.87. The van der Waals surface area contributed by atoms with Crippen LogP contribution in [0.1, 0.15) is 5.56 Å². The molecule has 3 heteroatoms. The highest BCUT2D eigenvalue weighted by molar-refractivity contribution is 6.44. The molecule has 0 saturated carbocycles. The third kappa shape index (κ3) is 3.73. The molecule has 0 amide bonds. The zero-order chi connectivity index (χ0) is 11.9. The average Bonchev–Trinajstić information content (AvgIpc) is 2.40. The molecule has 2 nitrogen and oxygen atoms in total. The maximum Gasteiger partial charge on any atom is 0.386 e. The molecule has 0 N–H and O–H groups in total. The second kappa shape index (κ2) is 6.23. The number of hydrogen-bond donors (Lipinski definition) is 0. The van der Waals surface area contributed by atoms with Crippen LogP contribution in [0.15, 0.2) is 60.7 Å². The van der Waals surface area contributed by atoms with Crippen molar-refractivity contribution >= 4 is 9.28 Å². The lowest BCUT2D eigenvalue weighted by Crippen LogP contribution is -2.28. The third-order valence-corrected chi connectivity index (χ3v) is 4.38. The fraction of sp³-hybridized carbons (Fsp3) is 0.143. The molecule has 0 aromatic heterocycles. The minimum Gasteiger partial charge on any atom is -0.522 e. The standard InChI is InChI=1S/C14H16O2Si/c1-15-17(12-13-8-4-2-5-9-13)16-14-10-6-3-7-11-14/h2-11,17H,12H2,1H3. The van der Waals surface area contributed by atoms with E-state index in [4.69, 9.17) is 8.85 Å². The fourth-order valence-electron chi connectivity index (χ4n) is 1.63. The molecule has 0 aliphatic carbocycles. The van der Waals surface area contributed by atoms with Crippen LogP contribution in [0, 0.1) is 0 Å². The van der Waals surface area contributed by atoms with E-state index in [2.05, 4.69) is 12.1 Å². The van der Waals surface area contributed by atoms with E-state index in [1.54, 1.807) is 7.11 Å². The predicted octanol–water partition coefficient (Wildman–Crippen LogP) is 2.71. The van der Waals surface area contributed by atoms with Crippen molar-refractivity contribution in [3.8, 4) is 5.75 Å². The van der Waals surface area contributed by atoms with Crippen molar-refractivity contribution in [2.45, 2.75) is 6.04 Å². The lowest BCUT2D eigenvalue weighted by molar-refractivity contribution is 0.333. The Morgan fingerprint density at radius 3 is 2.06 bits per heavy atom. The average molecular weight is 244 g/mol. The summed E-state index contributed by atoms with van der Waals surface area (Å²) in [4.78, 5) is 0. The van der Waals surface area contributed by atoms with Gasteiger partial charge in [-0.25, -0.2) is 0 Å². The Morgan fingerprint density at radius 1 is 0.882 bits per heavy atom. The Labute approximate surface area is 104 Å². The van der Waals surface area contributed by atoms with Gasteiger partial charge in [0.25, 0.3) is 0 Å². The van der Waals surface area contributed by atoms with Crippen molar-refractivity contribution in [2.75, 3.05) is 7.11 Å². The van der Waals surface area contributed by atoms with Gasteiger partial charge in [0.05, 0.1) is 0 Å². The lowest BCUT2D eigenvalue weighted by Gasteiger charge is -2.15. The third-order valence-electron chi connectivity index (χ3n) is 2.52. The van der Waals surface area contributed by atoms with Crippen LogP contribution < -0.4 is 4.43 Å². The molecular weight excluding hydrogens is 228 g/mol. The monoisotopic (exact) mass is 244 g/mol. The highest BCUT2D eigenvalue weighted by atomic mass is 28.3. The second-order valence-corrected chi connectivity index (χ2v) is 5.76. The molecule has 0 spiro atoms. The van der Waals surface area contributed by atoms with Crippen LogP contribution in [0.5, 0.6) is 5.75 Å². The molecule has 2 aromatic carbocycles. The van der Waals surface area contributed by atoms with Crippen LogP contribution in [-0.4, -0.2) is 16.4 Å². The van der Waals surface area contributed by atoms with Crippen LogP contribution >= 0.6 is 0 Å². The van der Waals surface area contributed by atoms with Gasteiger partial charge in [0.2, 0.25) is 0 Å². The summed E-state index contributed by atoms with van der Waals surface area (Å²) in [5, 5.41) is 0. The number of hydrogen-bond acceptors (Lipinski definition) is 2. The van der Waals surface area contributed by atoms with E-state index in [0.29, 0.717) is 0 Å². The molecule has 0 fully saturated rings. The molecule has 0 heterocycles. The Hall–Kier alpha value is -1.58. The van der Waals surface area contributed by atoms with E-state index in [1.807, 2.05) is 48.5 Å². The number of benzene rings is 2. The number of rotatable bonds is 5. The molecule has 2 rings (SSSR count). The molecular formula is C14H16O2Si. The predicted molar refractivity (Wildman–Crippen MR) is 71.4 cm³/mol. The van der Waals surface area contributed by atoms with E-state index in [9.17, 15) is 0 Å². The van der Waals surface area contributed by atoms with Gasteiger partial charge in [0.15, 0.2) is 0 Å². The van der Waals surface area contributed by atoms with Crippen molar-refractivity contribution in [3.63, 3.8) is 0 Å². The smallest absolute Gasteiger partial charge is 0.386 e. The maximum absolute atomic E-state index is 5.88. The highest BCUT2D eigenvalue weighted by Crippen LogP contribution is 2.12. The first-order valence-electron chi connectivity index (χ1n) is 5.67. The van der Waals surface area contributed by atoms with Gasteiger partial charge in [-0.3, -0.25) is 0 Å². The normalized spacial score (nSPS) is 12.1. The molecule has 0 aliphatic rings. The summed E-state index contributed by atoms with van der Waals surface area (Å²) in [7, 11) is 0.0587. The van der Waals surface area contributed by atoms with Gasteiger partial charge >= 0.3 is 9.28 Å². The summed E-state index contributed by atoms with van der Waals surface area (Å²) in [6, 6.07) is 21.0. The van der Waals surface area contributed by atoms with Crippen LogP contribution in [-0.2, 0) is 10.5 Å². The van der Waals surface area contributed by atoms with E-state index < -0.39 is 9.28 Å². The summed E-state index contributed by atoms with van der Waals surface area (Å²) < 4.78 is 11.4. The van der Waals surface area contributed by atoms with Crippen molar-refractivity contribution < 1.29 is 8.85 Å². The largest absolute Gasteiger partial charge is 0.522 e. The topological polar surface area (TPSA) is 18.5 Å².